The highest BCUT2D eigenvalue weighted by molar-refractivity contribution is 7.89. The lowest BCUT2D eigenvalue weighted by molar-refractivity contribution is 0.204. The van der Waals surface area contributed by atoms with Crippen molar-refractivity contribution >= 4 is 10.0 Å². The number of methoxy groups -OCH3 is 1. The second kappa shape index (κ2) is 8.39. The molecule has 0 heterocycles. The summed E-state index contributed by atoms with van der Waals surface area (Å²) in [5.74, 6) is 0.742. The lowest BCUT2D eigenvalue weighted by Crippen LogP contribution is -2.30. The Morgan fingerprint density at radius 2 is 1.75 bits per heavy atom. The Balaban J connectivity index is 2.45. The molecule has 1 aromatic rings. The van der Waals surface area contributed by atoms with Crippen LogP contribution in [0.5, 0.6) is 0 Å². The molecule has 0 amide bonds. The molecule has 4 nitrogen and oxygen atoms in total. The van der Waals surface area contributed by atoms with E-state index in [-0.39, 0.29) is 5.75 Å². The van der Waals surface area contributed by atoms with E-state index in [1.807, 2.05) is 12.1 Å². The third-order valence-corrected chi connectivity index (χ3v) is 4.34. The molecule has 0 bridgehead atoms. The number of benzene rings is 1. The van der Waals surface area contributed by atoms with Crippen LogP contribution in [-0.2, 0) is 27.6 Å². The van der Waals surface area contributed by atoms with E-state index < -0.39 is 10.0 Å². The third kappa shape index (κ3) is 7.03. The average molecular weight is 299 g/mol. The highest BCUT2D eigenvalue weighted by Crippen LogP contribution is 2.10. The Morgan fingerprint density at radius 1 is 1.15 bits per heavy atom. The minimum atomic E-state index is -3.21. The molecule has 0 unspecified atom stereocenters. The van der Waals surface area contributed by atoms with Gasteiger partial charge >= 0.3 is 0 Å². The Morgan fingerprint density at radius 3 is 2.30 bits per heavy atom. The van der Waals surface area contributed by atoms with Crippen LogP contribution in [0.1, 0.15) is 25.0 Å². The molecule has 0 saturated heterocycles. The van der Waals surface area contributed by atoms with Gasteiger partial charge in [0.05, 0.1) is 12.4 Å². The van der Waals surface area contributed by atoms with Crippen molar-refractivity contribution in [1.29, 1.82) is 0 Å². The van der Waals surface area contributed by atoms with Gasteiger partial charge in [0.2, 0.25) is 10.0 Å². The highest BCUT2D eigenvalue weighted by Gasteiger charge is 2.09. The summed E-state index contributed by atoms with van der Waals surface area (Å²) in [4.78, 5) is 0. The number of nitrogens with one attached hydrogen (secondary N) is 1. The smallest absolute Gasteiger partial charge is 0.211 e. The molecule has 0 aliphatic carbocycles. The van der Waals surface area contributed by atoms with E-state index in [1.165, 1.54) is 5.56 Å². The molecular formula is C15H25NO3S. The second-order valence-corrected chi connectivity index (χ2v) is 7.30. The lowest BCUT2D eigenvalue weighted by Gasteiger charge is -2.08. The summed E-state index contributed by atoms with van der Waals surface area (Å²) in [5.41, 5.74) is 2.35. The van der Waals surface area contributed by atoms with Crippen LogP contribution in [0.25, 0.3) is 0 Å². The largest absolute Gasteiger partial charge is 0.383 e. The maximum Gasteiger partial charge on any atom is 0.211 e. The van der Waals surface area contributed by atoms with Crippen molar-refractivity contribution in [3.05, 3.63) is 35.4 Å². The predicted octanol–water partition coefficient (Wildman–Crippen LogP) is 1.99. The molecule has 0 spiro atoms. The van der Waals surface area contributed by atoms with Gasteiger partial charge in [-0.3, -0.25) is 0 Å². The second-order valence-electron chi connectivity index (χ2n) is 5.37. The fraction of sp³-hybridized carbons (Fsp3) is 0.600. The molecule has 1 N–H and O–H groups in total. The van der Waals surface area contributed by atoms with Crippen LogP contribution < -0.4 is 4.72 Å². The first kappa shape index (κ1) is 17.1. The summed E-state index contributed by atoms with van der Waals surface area (Å²) < 4.78 is 30.8. The van der Waals surface area contributed by atoms with Gasteiger partial charge < -0.3 is 4.74 Å². The van der Waals surface area contributed by atoms with Gasteiger partial charge in [0.15, 0.2) is 0 Å². The summed E-state index contributed by atoms with van der Waals surface area (Å²) in [5, 5.41) is 0. The van der Waals surface area contributed by atoms with Gasteiger partial charge in [-0.15, -0.1) is 0 Å². The van der Waals surface area contributed by atoms with Crippen LogP contribution in [0.2, 0.25) is 0 Å². The van der Waals surface area contributed by atoms with Crippen LogP contribution >= 0.6 is 0 Å². The summed E-state index contributed by atoms with van der Waals surface area (Å²) in [6, 6.07) is 8.20. The van der Waals surface area contributed by atoms with Crippen molar-refractivity contribution in [2.24, 2.45) is 5.92 Å². The maximum atomic E-state index is 11.7. The van der Waals surface area contributed by atoms with Crippen LogP contribution in [0.3, 0.4) is 0 Å². The number of hydrogen-bond donors (Lipinski definition) is 1. The quantitative estimate of drug-likeness (QED) is 0.710. The molecule has 0 saturated carbocycles. The van der Waals surface area contributed by atoms with Crippen molar-refractivity contribution in [2.75, 3.05) is 26.0 Å². The topological polar surface area (TPSA) is 55.4 Å². The monoisotopic (exact) mass is 299 g/mol. The van der Waals surface area contributed by atoms with Gasteiger partial charge in [0, 0.05) is 13.7 Å². The van der Waals surface area contributed by atoms with Crippen LogP contribution in [0.15, 0.2) is 24.3 Å². The average Bonchev–Trinajstić information content (AvgIpc) is 2.37. The number of sulfonamides is 1. The molecule has 1 aromatic carbocycles. The van der Waals surface area contributed by atoms with E-state index in [4.69, 9.17) is 4.74 Å². The maximum absolute atomic E-state index is 11.7. The zero-order valence-electron chi connectivity index (χ0n) is 12.6. The van der Waals surface area contributed by atoms with Crippen LogP contribution in [-0.4, -0.2) is 34.4 Å². The fourth-order valence-electron chi connectivity index (χ4n) is 1.94. The summed E-state index contributed by atoms with van der Waals surface area (Å²) in [6.07, 6.45) is 1.58. The molecule has 0 aliphatic heterocycles. The predicted molar refractivity (Wildman–Crippen MR) is 82.4 cm³/mol. The van der Waals surface area contributed by atoms with E-state index >= 15 is 0 Å². The lowest BCUT2D eigenvalue weighted by atomic mass is 10.0. The Bertz CT molecular complexity index is 480. The minimum absolute atomic E-state index is 0.111. The first-order valence-electron chi connectivity index (χ1n) is 6.97. The number of ether oxygens (including phenoxy) is 1. The van der Waals surface area contributed by atoms with Gasteiger partial charge in [-0.1, -0.05) is 38.1 Å². The molecular weight excluding hydrogens is 274 g/mol. The number of rotatable bonds is 9. The van der Waals surface area contributed by atoms with E-state index in [2.05, 4.69) is 30.7 Å². The molecule has 0 radical (unpaired) electrons. The first-order chi connectivity index (χ1) is 9.43. The van der Waals surface area contributed by atoms with Crippen molar-refractivity contribution in [2.45, 2.75) is 26.7 Å². The highest BCUT2D eigenvalue weighted by atomic mass is 32.2. The van der Waals surface area contributed by atoms with Gasteiger partial charge in [-0.05, 0) is 29.9 Å². The third-order valence-electron chi connectivity index (χ3n) is 2.95. The zero-order valence-corrected chi connectivity index (χ0v) is 13.4. The van der Waals surface area contributed by atoms with Crippen LogP contribution in [0.4, 0.5) is 0 Å². The van der Waals surface area contributed by atoms with E-state index in [0.29, 0.717) is 25.5 Å². The van der Waals surface area contributed by atoms with Gasteiger partial charge in [0.1, 0.15) is 0 Å². The standard InChI is InChI=1S/C15H25NO3S/c1-13(2)12-15-6-4-14(5-7-15)8-11-20(17,18)16-9-10-19-3/h4-7,13,16H,8-12H2,1-3H3. The molecule has 1 rings (SSSR count). The normalized spacial score (nSPS) is 12.0. The Labute approximate surface area is 122 Å². The molecule has 0 fully saturated rings. The number of aryl methyl sites for hydroxylation is 1. The minimum Gasteiger partial charge on any atom is -0.383 e. The van der Waals surface area contributed by atoms with Crippen LogP contribution in [0, 0.1) is 5.92 Å². The molecule has 114 valence electrons. The molecule has 0 aliphatic rings. The van der Waals surface area contributed by atoms with E-state index in [9.17, 15) is 8.42 Å². The molecule has 5 heteroatoms. The van der Waals surface area contributed by atoms with Crippen molar-refractivity contribution in [1.82, 2.24) is 4.72 Å². The zero-order chi connectivity index (χ0) is 15.0. The van der Waals surface area contributed by atoms with Gasteiger partial charge in [-0.2, -0.15) is 0 Å². The summed E-state index contributed by atoms with van der Waals surface area (Å²) in [7, 11) is -1.66. The first-order valence-corrected chi connectivity index (χ1v) is 8.62. The molecule has 0 aromatic heterocycles. The summed E-state index contributed by atoms with van der Waals surface area (Å²) >= 11 is 0. The van der Waals surface area contributed by atoms with Crippen molar-refractivity contribution in [3.63, 3.8) is 0 Å². The summed E-state index contributed by atoms with van der Waals surface area (Å²) in [6.45, 7) is 5.09. The Kier molecular flexibility index (Phi) is 7.19. The van der Waals surface area contributed by atoms with Gasteiger partial charge in [-0.25, -0.2) is 13.1 Å². The fourth-order valence-corrected chi connectivity index (χ4v) is 2.98. The van der Waals surface area contributed by atoms with Crippen molar-refractivity contribution in [3.8, 4) is 0 Å². The van der Waals surface area contributed by atoms with E-state index in [1.54, 1.807) is 7.11 Å². The SMILES string of the molecule is COCCNS(=O)(=O)CCc1ccc(CC(C)C)cc1. The molecule has 0 atom stereocenters. The Hall–Kier alpha value is -0.910. The van der Waals surface area contributed by atoms with E-state index in [0.717, 1.165) is 12.0 Å². The van der Waals surface area contributed by atoms with Gasteiger partial charge in [0.25, 0.3) is 0 Å². The van der Waals surface area contributed by atoms with Crippen molar-refractivity contribution < 1.29 is 13.2 Å². The number of hydrogen-bond acceptors (Lipinski definition) is 3. The molecule has 20 heavy (non-hydrogen) atoms.